The third-order valence-corrected chi connectivity index (χ3v) is 1.32. The zero-order chi connectivity index (χ0) is 9.14. The fourth-order valence-electron chi connectivity index (χ4n) is 0.586. The van der Waals surface area contributed by atoms with Crippen molar-refractivity contribution in [3.05, 3.63) is 28.0 Å². The summed E-state index contributed by atoms with van der Waals surface area (Å²) in [5, 5.41) is 20.5. The highest BCUT2D eigenvalue weighted by molar-refractivity contribution is 6.69. The van der Waals surface area contributed by atoms with E-state index < -0.39 is 10.8 Å². The van der Waals surface area contributed by atoms with Crippen LogP contribution in [0.3, 0.4) is 0 Å². The van der Waals surface area contributed by atoms with E-state index in [4.69, 9.17) is 16.8 Å². The first-order valence-electron chi connectivity index (χ1n) is 2.77. The minimum Gasteiger partial charge on any atom is -0.410 e. The number of nitro groups is 1. The molecule has 64 valence electrons. The Balaban J connectivity index is 2.99. The zero-order valence-electron chi connectivity index (χ0n) is 5.60. The van der Waals surface area contributed by atoms with E-state index in [1.54, 1.807) is 0 Å². The maximum Gasteiger partial charge on any atom is 0.433 e. The van der Waals surface area contributed by atoms with Crippen molar-refractivity contribution >= 4 is 22.7 Å². The Labute approximate surface area is 71.2 Å². The van der Waals surface area contributed by atoms with Crippen LogP contribution in [0.25, 0.3) is 0 Å². The van der Waals surface area contributed by atoms with E-state index in [-0.39, 0.29) is 10.9 Å². The number of nitrogens with zero attached hydrogens (tertiary/aromatic N) is 2. The summed E-state index contributed by atoms with van der Waals surface area (Å²) in [4.78, 5) is 9.37. The molecule has 1 aromatic heterocycles. The van der Waals surface area contributed by atoms with Gasteiger partial charge in [0.25, 0.3) is 0 Å². The molecule has 0 radical (unpaired) electrons. The van der Waals surface area contributed by atoms with Crippen molar-refractivity contribution in [2.24, 2.45) is 5.16 Å². The van der Waals surface area contributed by atoms with Crippen molar-refractivity contribution in [2.45, 2.75) is 0 Å². The molecule has 0 fully saturated rings. The average Bonchev–Trinajstić information content (AvgIpc) is 2.51. The van der Waals surface area contributed by atoms with Gasteiger partial charge in [0.05, 0.1) is 6.07 Å². The average molecular weight is 191 g/mol. The molecule has 12 heavy (non-hydrogen) atoms. The van der Waals surface area contributed by atoms with Crippen molar-refractivity contribution in [3.8, 4) is 0 Å². The third kappa shape index (κ3) is 1.54. The Bertz CT molecular complexity index is 332. The van der Waals surface area contributed by atoms with Crippen LogP contribution in [0.1, 0.15) is 5.76 Å². The maximum atomic E-state index is 10.1. The molecule has 0 bridgehead atoms. The molecule has 0 unspecified atom stereocenters. The summed E-state index contributed by atoms with van der Waals surface area (Å²) >= 11 is 5.29. The van der Waals surface area contributed by atoms with Crippen LogP contribution >= 0.6 is 11.6 Å². The number of oxime groups is 1. The Morgan fingerprint density at radius 2 is 2.42 bits per heavy atom. The summed E-state index contributed by atoms with van der Waals surface area (Å²) in [7, 11) is 0. The van der Waals surface area contributed by atoms with Crippen LogP contribution in [0.15, 0.2) is 21.7 Å². The van der Waals surface area contributed by atoms with Gasteiger partial charge in [-0.25, -0.2) is 0 Å². The molecule has 6 nitrogen and oxygen atoms in total. The highest BCUT2D eigenvalue weighted by atomic mass is 35.5. The van der Waals surface area contributed by atoms with Crippen LogP contribution in [-0.2, 0) is 0 Å². The molecule has 0 saturated heterocycles. The normalized spacial score (nSPS) is 11.6. The second-order valence-corrected chi connectivity index (χ2v) is 2.14. The summed E-state index contributed by atoms with van der Waals surface area (Å²) < 4.78 is 4.58. The quantitative estimate of drug-likeness (QED) is 0.332. The van der Waals surface area contributed by atoms with Crippen molar-refractivity contribution in [2.75, 3.05) is 0 Å². The fraction of sp³-hybridized carbons (Fsp3) is 0. The van der Waals surface area contributed by atoms with Gasteiger partial charge in [-0.05, 0) is 6.07 Å². The van der Waals surface area contributed by atoms with Crippen molar-refractivity contribution in [3.63, 3.8) is 0 Å². The molecule has 0 aliphatic rings. The Morgan fingerprint density at radius 3 is 2.83 bits per heavy atom. The lowest BCUT2D eigenvalue weighted by molar-refractivity contribution is -0.402. The maximum absolute atomic E-state index is 10.1. The Hall–Kier alpha value is -1.56. The first kappa shape index (κ1) is 8.54. The smallest absolute Gasteiger partial charge is 0.410 e. The number of hydrogen-bond acceptors (Lipinski definition) is 5. The first-order chi connectivity index (χ1) is 5.65. The summed E-state index contributed by atoms with van der Waals surface area (Å²) in [5.41, 5.74) is 0. The molecule has 1 N–H and O–H groups in total. The predicted molar refractivity (Wildman–Crippen MR) is 39.5 cm³/mol. The van der Waals surface area contributed by atoms with E-state index in [9.17, 15) is 10.1 Å². The molecular formula is C5H3ClN2O4. The SMILES string of the molecule is O=[N+]([O-])c1ccc(/C(Cl)=N/O)o1. The van der Waals surface area contributed by atoms with E-state index in [1.807, 2.05) is 0 Å². The second-order valence-electron chi connectivity index (χ2n) is 1.79. The van der Waals surface area contributed by atoms with Gasteiger partial charge in [-0.3, -0.25) is 10.1 Å². The minimum atomic E-state index is -0.717. The van der Waals surface area contributed by atoms with Crippen molar-refractivity contribution in [1.29, 1.82) is 0 Å². The lowest BCUT2D eigenvalue weighted by Gasteiger charge is -1.85. The van der Waals surface area contributed by atoms with Crippen LogP contribution in [0.2, 0.25) is 0 Å². The van der Waals surface area contributed by atoms with E-state index >= 15 is 0 Å². The Morgan fingerprint density at radius 1 is 1.75 bits per heavy atom. The molecule has 0 aliphatic carbocycles. The molecule has 0 saturated carbocycles. The molecular weight excluding hydrogens is 188 g/mol. The monoisotopic (exact) mass is 190 g/mol. The van der Waals surface area contributed by atoms with Crippen molar-refractivity contribution in [1.82, 2.24) is 0 Å². The topological polar surface area (TPSA) is 88.9 Å². The van der Waals surface area contributed by atoms with E-state index in [1.165, 1.54) is 6.07 Å². The summed E-state index contributed by atoms with van der Waals surface area (Å²) in [6.45, 7) is 0. The zero-order valence-corrected chi connectivity index (χ0v) is 6.35. The molecule has 1 rings (SSSR count). The van der Waals surface area contributed by atoms with Gasteiger partial charge in [-0.2, -0.15) is 0 Å². The van der Waals surface area contributed by atoms with Gasteiger partial charge in [0.1, 0.15) is 4.92 Å². The standard InChI is InChI=1S/C5H3ClN2O4/c6-5(7-9)3-1-2-4(12-3)8(10)11/h1-2,9H/b7-5-. The predicted octanol–water partition coefficient (Wildman–Crippen LogP) is 1.56. The van der Waals surface area contributed by atoms with E-state index in [2.05, 4.69) is 9.57 Å². The minimum absolute atomic E-state index is 0.0501. The highest BCUT2D eigenvalue weighted by Crippen LogP contribution is 2.17. The number of halogens is 1. The van der Waals surface area contributed by atoms with Gasteiger partial charge in [0.15, 0.2) is 5.76 Å². The third-order valence-electron chi connectivity index (χ3n) is 1.06. The van der Waals surface area contributed by atoms with Gasteiger partial charge < -0.3 is 9.62 Å². The molecule has 1 aromatic rings. The number of furan rings is 1. The molecule has 0 aromatic carbocycles. The van der Waals surface area contributed by atoms with Crippen molar-refractivity contribution < 1.29 is 14.5 Å². The summed E-state index contributed by atoms with van der Waals surface area (Å²) in [5.74, 6) is -0.502. The fourth-order valence-corrected chi connectivity index (χ4v) is 0.688. The molecule has 7 heteroatoms. The Kier molecular flexibility index (Phi) is 2.29. The van der Waals surface area contributed by atoms with E-state index in [0.717, 1.165) is 6.07 Å². The number of rotatable bonds is 2. The van der Waals surface area contributed by atoms with Gasteiger partial charge >= 0.3 is 5.88 Å². The van der Waals surface area contributed by atoms with E-state index in [0.29, 0.717) is 0 Å². The van der Waals surface area contributed by atoms with Crippen LogP contribution in [0.5, 0.6) is 0 Å². The van der Waals surface area contributed by atoms with Crippen LogP contribution < -0.4 is 0 Å². The number of hydrogen-bond donors (Lipinski definition) is 1. The summed E-state index contributed by atoms with van der Waals surface area (Å²) in [6, 6.07) is 2.35. The molecule has 1 heterocycles. The van der Waals surface area contributed by atoms with Gasteiger partial charge in [0, 0.05) is 0 Å². The molecule has 0 amide bonds. The largest absolute Gasteiger partial charge is 0.433 e. The van der Waals surface area contributed by atoms with Crippen LogP contribution in [0, 0.1) is 10.1 Å². The van der Waals surface area contributed by atoms with Gasteiger partial charge in [-0.15, -0.1) is 0 Å². The molecule has 0 spiro atoms. The second kappa shape index (κ2) is 3.22. The first-order valence-corrected chi connectivity index (χ1v) is 3.15. The summed E-state index contributed by atoms with van der Waals surface area (Å²) in [6.07, 6.45) is 0. The van der Waals surface area contributed by atoms with Crippen LogP contribution in [-0.4, -0.2) is 15.3 Å². The van der Waals surface area contributed by atoms with Gasteiger partial charge in [-0.1, -0.05) is 16.8 Å². The lowest BCUT2D eigenvalue weighted by Crippen LogP contribution is -1.87. The molecule has 0 atom stereocenters. The van der Waals surface area contributed by atoms with Crippen LogP contribution in [0.4, 0.5) is 5.88 Å². The van der Waals surface area contributed by atoms with Gasteiger partial charge in [0.2, 0.25) is 5.17 Å². The highest BCUT2D eigenvalue weighted by Gasteiger charge is 2.14. The lowest BCUT2D eigenvalue weighted by atomic mass is 10.5. The molecule has 0 aliphatic heterocycles.